The summed E-state index contributed by atoms with van der Waals surface area (Å²) in [4.78, 5) is 8.49. The molecule has 19 heavy (non-hydrogen) atoms. The minimum atomic E-state index is 0.542. The quantitative estimate of drug-likeness (QED) is 0.897. The Balaban J connectivity index is 1.96. The van der Waals surface area contributed by atoms with Gasteiger partial charge in [-0.1, -0.05) is 19.8 Å². The second-order valence-electron chi connectivity index (χ2n) is 5.55. The van der Waals surface area contributed by atoms with E-state index in [0.717, 1.165) is 17.2 Å². The summed E-state index contributed by atoms with van der Waals surface area (Å²) in [6.07, 6.45) is 10.7. The van der Waals surface area contributed by atoms with Gasteiger partial charge in [0.1, 0.15) is 5.82 Å². The van der Waals surface area contributed by atoms with Crippen LogP contribution in [0.1, 0.15) is 38.6 Å². The first-order valence-corrected chi connectivity index (χ1v) is 6.98. The molecule has 4 nitrogen and oxygen atoms in total. The lowest BCUT2D eigenvalue weighted by molar-refractivity contribution is 0.284. The molecule has 2 unspecified atom stereocenters. The van der Waals surface area contributed by atoms with E-state index in [1.54, 1.807) is 6.20 Å². The van der Waals surface area contributed by atoms with Crippen LogP contribution in [0, 0.1) is 5.92 Å². The summed E-state index contributed by atoms with van der Waals surface area (Å²) in [6.45, 7) is 2.33. The van der Waals surface area contributed by atoms with Crippen molar-refractivity contribution in [3.63, 3.8) is 0 Å². The molecule has 1 fully saturated rings. The minimum Gasteiger partial charge on any atom is -0.383 e. The van der Waals surface area contributed by atoms with Crippen molar-refractivity contribution in [1.82, 2.24) is 14.5 Å². The van der Waals surface area contributed by atoms with Crippen LogP contribution in [0.25, 0.3) is 11.3 Å². The molecular formula is C15H20N4. The van der Waals surface area contributed by atoms with Crippen LogP contribution in [0.15, 0.2) is 30.9 Å². The molecule has 100 valence electrons. The van der Waals surface area contributed by atoms with Crippen LogP contribution < -0.4 is 5.73 Å². The highest BCUT2D eigenvalue weighted by atomic mass is 15.1. The lowest BCUT2D eigenvalue weighted by Gasteiger charge is -2.29. The number of nitrogens with two attached hydrogens (primary N) is 1. The smallest absolute Gasteiger partial charge is 0.132 e. The van der Waals surface area contributed by atoms with Crippen molar-refractivity contribution in [3.05, 3.63) is 30.9 Å². The van der Waals surface area contributed by atoms with E-state index in [2.05, 4.69) is 21.5 Å². The van der Waals surface area contributed by atoms with Gasteiger partial charge in [-0.25, -0.2) is 9.97 Å². The van der Waals surface area contributed by atoms with Crippen LogP contribution in [-0.2, 0) is 0 Å². The lowest BCUT2D eigenvalue weighted by atomic mass is 9.87. The van der Waals surface area contributed by atoms with Gasteiger partial charge in [0.05, 0.1) is 18.2 Å². The molecule has 0 saturated heterocycles. The number of anilines is 1. The van der Waals surface area contributed by atoms with E-state index in [9.17, 15) is 0 Å². The van der Waals surface area contributed by atoms with Gasteiger partial charge in [0.25, 0.3) is 0 Å². The van der Waals surface area contributed by atoms with Crippen LogP contribution in [0.2, 0.25) is 0 Å². The Kier molecular flexibility index (Phi) is 3.23. The summed E-state index contributed by atoms with van der Waals surface area (Å²) in [5.41, 5.74) is 8.06. The van der Waals surface area contributed by atoms with Gasteiger partial charge < -0.3 is 10.3 Å². The number of rotatable bonds is 2. The lowest BCUT2D eigenvalue weighted by Crippen LogP contribution is -2.18. The molecule has 2 heterocycles. The number of hydrogen-bond acceptors (Lipinski definition) is 3. The fourth-order valence-electron chi connectivity index (χ4n) is 3.09. The van der Waals surface area contributed by atoms with E-state index < -0.39 is 0 Å². The minimum absolute atomic E-state index is 0.542. The molecule has 2 aromatic heterocycles. The van der Waals surface area contributed by atoms with Gasteiger partial charge in [0.2, 0.25) is 0 Å². The summed E-state index contributed by atoms with van der Waals surface area (Å²) >= 11 is 0. The van der Waals surface area contributed by atoms with E-state index in [0.29, 0.717) is 11.9 Å². The number of nitrogens with zero attached hydrogens (tertiary/aromatic N) is 3. The van der Waals surface area contributed by atoms with Gasteiger partial charge in [0.15, 0.2) is 0 Å². The fraction of sp³-hybridized carbons (Fsp3) is 0.467. The molecule has 2 N–H and O–H groups in total. The van der Waals surface area contributed by atoms with Crippen molar-refractivity contribution < 1.29 is 0 Å². The van der Waals surface area contributed by atoms with Gasteiger partial charge in [-0.15, -0.1) is 0 Å². The van der Waals surface area contributed by atoms with Gasteiger partial charge in [-0.2, -0.15) is 0 Å². The SMILES string of the molecule is CC1CCCC(n2cncc2-c2cccnc2N)C1. The molecule has 0 aromatic carbocycles. The molecule has 0 aliphatic heterocycles. The highest BCUT2D eigenvalue weighted by molar-refractivity contribution is 5.70. The van der Waals surface area contributed by atoms with Gasteiger partial charge in [-0.05, 0) is 30.9 Å². The molecule has 2 aromatic rings. The molecule has 0 radical (unpaired) electrons. The Labute approximate surface area is 113 Å². The number of imidazole rings is 1. The van der Waals surface area contributed by atoms with Crippen LogP contribution in [0.5, 0.6) is 0 Å². The fourth-order valence-corrected chi connectivity index (χ4v) is 3.09. The normalized spacial score (nSPS) is 23.4. The molecule has 4 heteroatoms. The first kappa shape index (κ1) is 12.2. The zero-order chi connectivity index (χ0) is 13.2. The predicted molar refractivity (Wildman–Crippen MR) is 76.5 cm³/mol. The highest BCUT2D eigenvalue weighted by Gasteiger charge is 2.22. The van der Waals surface area contributed by atoms with E-state index in [-0.39, 0.29) is 0 Å². The molecule has 1 aliphatic rings. The molecule has 1 saturated carbocycles. The van der Waals surface area contributed by atoms with Crippen molar-refractivity contribution in [2.75, 3.05) is 5.73 Å². The summed E-state index contributed by atoms with van der Waals surface area (Å²) in [6, 6.07) is 4.48. The summed E-state index contributed by atoms with van der Waals surface area (Å²) in [5, 5.41) is 0. The maximum atomic E-state index is 5.99. The Morgan fingerprint density at radius 3 is 3.05 bits per heavy atom. The van der Waals surface area contributed by atoms with Crippen LogP contribution in [0.4, 0.5) is 5.82 Å². The highest BCUT2D eigenvalue weighted by Crippen LogP contribution is 2.35. The van der Waals surface area contributed by atoms with Gasteiger partial charge >= 0.3 is 0 Å². The molecule has 0 bridgehead atoms. The largest absolute Gasteiger partial charge is 0.383 e. The predicted octanol–water partition coefficient (Wildman–Crippen LogP) is 3.28. The van der Waals surface area contributed by atoms with Crippen molar-refractivity contribution >= 4 is 5.82 Å². The molecule has 0 amide bonds. The van der Waals surface area contributed by atoms with Crippen molar-refractivity contribution in [2.24, 2.45) is 5.92 Å². The molecular weight excluding hydrogens is 236 g/mol. The molecule has 1 aliphatic carbocycles. The van der Waals surface area contributed by atoms with Crippen LogP contribution >= 0.6 is 0 Å². The van der Waals surface area contributed by atoms with Crippen LogP contribution in [-0.4, -0.2) is 14.5 Å². The first-order valence-electron chi connectivity index (χ1n) is 6.98. The van der Waals surface area contributed by atoms with Crippen molar-refractivity contribution in [2.45, 2.75) is 38.6 Å². The maximum absolute atomic E-state index is 5.99. The molecule has 2 atom stereocenters. The maximum Gasteiger partial charge on any atom is 0.132 e. The molecule has 0 spiro atoms. The number of pyridine rings is 1. The Bertz CT molecular complexity index is 561. The Hall–Kier alpha value is -1.84. The number of hydrogen-bond donors (Lipinski definition) is 1. The average Bonchev–Trinajstić information content (AvgIpc) is 2.88. The summed E-state index contributed by atoms with van der Waals surface area (Å²) in [7, 11) is 0. The summed E-state index contributed by atoms with van der Waals surface area (Å²) < 4.78 is 2.28. The van der Waals surface area contributed by atoms with E-state index in [4.69, 9.17) is 5.73 Å². The Morgan fingerprint density at radius 1 is 1.37 bits per heavy atom. The standard InChI is InChI=1S/C15H20N4/c1-11-4-2-5-12(8-11)19-10-17-9-14(19)13-6-3-7-18-15(13)16/h3,6-7,9-12H,2,4-5,8H2,1H3,(H2,16,18). The monoisotopic (exact) mass is 256 g/mol. The van der Waals surface area contributed by atoms with Crippen molar-refractivity contribution in [1.29, 1.82) is 0 Å². The third kappa shape index (κ3) is 2.35. The second-order valence-corrected chi connectivity index (χ2v) is 5.55. The van der Waals surface area contributed by atoms with E-state index >= 15 is 0 Å². The zero-order valence-corrected chi connectivity index (χ0v) is 11.3. The molecule has 3 rings (SSSR count). The third-order valence-electron chi connectivity index (χ3n) is 4.08. The van der Waals surface area contributed by atoms with Gasteiger partial charge in [-0.3, -0.25) is 0 Å². The van der Waals surface area contributed by atoms with Crippen molar-refractivity contribution in [3.8, 4) is 11.3 Å². The Morgan fingerprint density at radius 2 is 2.26 bits per heavy atom. The first-order chi connectivity index (χ1) is 9.25. The third-order valence-corrected chi connectivity index (χ3v) is 4.08. The zero-order valence-electron chi connectivity index (χ0n) is 11.3. The topological polar surface area (TPSA) is 56.7 Å². The average molecular weight is 256 g/mol. The van der Waals surface area contributed by atoms with Crippen LogP contribution in [0.3, 0.4) is 0 Å². The summed E-state index contributed by atoms with van der Waals surface area (Å²) in [5.74, 6) is 1.37. The van der Waals surface area contributed by atoms with Gasteiger partial charge in [0, 0.05) is 17.8 Å². The van der Waals surface area contributed by atoms with E-state index in [1.165, 1.54) is 25.7 Å². The number of aromatic nitrogens is 3. The van der Waals surface area contributed by atoms with E-state index in [1.807, 2.05) is 24.7 Å². The number of nitrogen functional groups attached to an aromatic ring is 1. The second kappa shape index (κ2) is 5.03.